The number of thiazole rings is 1. The van der Waals surface area contributed by atoms with Crippen molar-refractivity contribution in [2.75, 3.05) is 11.9 Å². The number of hydrogen-bond donors (Lipinski definition) is 1. The number of amides is 1. The number of nitrogens with zero attached hydrogens (tertiary/aromatic N) is 1. The number of para-hydroxylation sites is 1. The average Bonchev–Trinajstić information content (AvgIpc) is 2.88. The quantitative estimate of drug-likeness (QED) is 0.780. The Labute approximate surface area is 139 Å². The number of anilines is 1. The first kappa shape index (κ1) is 15.5. The van der Waals surface area contributed by atoms with Crippen LogP contribution >= 0.6 is 11.3 Å². The maximum atomic E-state index is 12.0. The third kappa shape index (κ3) is 3.51. The van der Waals surface area contributed by atoms with Crippen LogP contribution in [0.4, 0.5) is 5.13 Å². The molecule has 23 heavy (non-hydrogen) atoms. The number of carbonyl (C=O) groups excluding carboxylic acids is 1. The van der Waals surface area contributed by atoms with Crippen molar-refractivity contribution in [3.63, 3.8) is 0 Å². The fourth-order valence-electron chi connectivity index (χ4n) is 2.25. The highest BCUT2D eigenvalue weighted by Gasteiger charge is 2.10. The summed E-state index contributed by atoms with van der Waals surface area (Å²) in [6.45, 7) is 6.05. The molecular formula is C18H18N2O2S. The Kier molecular flexibility index (Phi) is 4.30. The van der Waals surface area contributed by atoms with E-state index < -0.39 is 0 Å². The summed E-state index contributed by atoms with van der Waals surface area (Å²) in [5.74, 6) is 0.513. The maximum Gasteiger partial charge on any atom is 0.264 e. The Morgan fingerprint density at radius 3 is 2.65 bits per heavy atom. The molecule has 1 aromatic heterocycles. The van der Waals surface area contributed by atoms with Gasteiger partial charge in [-0.15, -0.1) is 0 Å². The van der Waals surface area contributed by atoms with E-state index in [0.717, 1.165) is 21.5 Å². The van der Waals surface area contributed by atoms with Gasteiger partial charge in [0.1, 0.15) is 5.75 Å². The number of carbonyl (C=O) groups is 1. The molecule has 5 heteroatoms. The van der Waals surface area contributed by atoms with Crippen LogP contribution in [0.1, 0.15) is 16.7 Å². The Balaban J connectivity index is 1.67. The number of fused-ring (bicyclic) bond motifs is 1. The summed E-state index contributed by atoms with van der Waals surface area (Å²) in [5.41, 5.74) is 4.34. The predicted octanol–water partition coefficient (Wildman–Crippen LogP) is 4.24. The Morgan fingerprint density at radius 2 is 1.87 bits per heavy atom. The molecule has 0 bridgehead atoms. The van der Waals surface area contributed by atoms with Crippen LogP contribution in [0.3, 0.4) is 0 Å². The highest BCUT2D eigenvalue weighted by atomic mass is 32.1. The van der Waals surface area contributed by atoms with Gasteiger partial charge in [-0.1, -0.05) is 29.5 Å². The van der Waals surface area contributed by atoms with Crippen molar-refractivity contribution < 1.29 is 9.53 Å². The number of rotatable bonds is 4. The van der Waals surface area contributed by atoms with Gasteiger partial charge in [0.05, 0.1) is 10.2 Å². The van der Waals surface area contributed by atoms with Crippen molar-refractivity contribution in [1.29, 1.82) is 0 Å². The van der Waals surface area contributed by atoms with Crippen LogP contribution in [0.2, 0.25) is 0 Å². The molecule has 0 aliphatic carbocycles. The highest BCUT2D eigenvalue weighted by molar-refractivity contribution is 7.22. The third-order valence-electron chi connectivity index (χ3n) is 3.70. The third-order valence-corrected chi connectivity index (χ3v) is 4.64. The monoisotopic (exact) mass is 326 g/mol. The highest BCUT2D eigenvalue weighted by Crippen LogP contribution is 2.28. The van der Waals surface area contributed by atoms with Crippen LogP contribution in [0.25, 0.3) is 10.2 Å². The zero-order valence-corrected chi connectivity index (χ0v) is 14.2. The lowest BCUT2D eigenvalue weighted by Gasteiger charge is -2.07. The van der Waals surface area contributed by atoms with E-state index in [-0.39, 0.29) is 12.5 Å². The van der Waals surface area contributed by atoms with E-state index in [4.69, 9.17) is 4.74 Å². The number of aryl methyl sites for hydroxylation is 3. The van der Waals surface area contributed by atoms with Crippen molar-refractivity contribution in [1.82, 2.24) is 4.98 Å². The molecule has 0 spiro atoms. The van der Waals surface area contributed by atoms with Crippen LogP contribution in [-0.2, 0) is 4.79 Å². The Bertz CT molecular complexity index is 832. The lowest BCUT2D eigenvalue weighted by Crippen LogP contribution is -2.20. The average molecular weight is 326 g/mol. The molecule has 1 heterocycles. The molecule has 0 aliphatic heterocycles. The van der Waals surface area contributed by atoms with E-state index in [2.05, 4.69) is 30.2 Å². The summed E-state index contributed by atoms with van der Waals surface area (Å²) < 4.78 is 6.62. The SMILES string of the molecule is Cc1cc2nc(NC(=O)COc3ccccc3C)sc2cc1C. The second-order valence-corrected chi connectivity index (χ2v) is 6.56. The maximum absolute atomic E-state index is 12.0. The molecule has 0 unspecified atom stereocenters. The number of ether oxygens (including phenoxy) is 1. The van der Waals surface area contributed by atoms with Crippen molar-refractivity contribution in [3.05, 3.63) is 53.1 Å². The van der Waals surface area contributed by atoms with E-state index in [0.29, 0.717) is 5.13 Å². The predicted molar refractivity (Wildman–Crippen MR) is 94.4 cm³/mol. The minimum Gasteiger partial charge on any atom is -0.483 e. The number of hydrogen-bond acceptors (Lipinski definition) is 4. The molecule has 1 N–H and O–H groups in total. The Hall–Kier alpha value is -2.40. The molecule has 3 rings (SSSR count). The van der Waals surface area contributed by atoms with E-state index in [9.17, 15) is 4.79 Å². The molecule has 0 fully saturated rings. The van der Waals surface area contributed by atoms with Gasteiger partial charge in [0.25, 0.3) is 5.91 Å². The molecule has 0 saturated carbocycles. The van der Waals surface area contributed by atoms with Gasteiger partial charge in [0.2, 0.25) is 0 Å². The van der Waals surface area contributed by atoms with Crippen LogP contribution in [-0.4, -0.2) is 17.5 Å². The van der Waals surface area contributed by atoms with Crippen molar-refractivity contribution >= 4 is 32.6 Å². The zero-order chi connectivity index (χ0) is 16.4. The first-order chi connectivity index (χ1) is 11.0. The van der Waals surface area contributed by atoms with E-state index in [1.807, 2.05) is 37.3 Å². The van der Waals surface area contributed by atoms with Gasteiger partial charge in [0, 0.05) is 0 Å². The molecule has 2 aromatic carbocycles. The van der Waals surface area contributed by atoms with Gasteiger partial charge >= 0.3 is 0 Å². The summed E-state index contributed by atoms with van der Waals surface area (Å²) in [5, 5.41) is 3.40. The van der Waals surface area contributed by atoms with E-state index in [1.54, 1.807) is 0 Å². The molecule has 118 valence electrons. The van der Waals surface area contributed by atoms with Gasteiger partial charge in [-0.3, -0.25) is 10.1 Å². The van der Waals surface area contributed by atoms with Crippen LogP contribution in [0.5, 0.6) is 5.75 Å². The first-order valence-corrected chi connectivity index (χ1v) is 8.20. The van der Waals surface area contributed by atoms with Gasteiger partial charge in [-0.05, 0) is 55.7 Å². The summed E-state index contributed by atoms with van der Waals surface area (Å²) >= 11 is 1.47. The van der Waals surface area contributed by atoms with Crippen LogP contribution < -0.4 is 10.1 Å². The fourth-order valence-corrected chi connectivity index (χ4v) is 3.21. The minimum absolute atomic E-state index is 0.0289. The van der Waals surface area contributed by atoms with E-state index in [1.165, 1.54) is 22.5 Å². The fraction of sp³-hybridized carbons (Fsp3) is 0.222. The molecule has 1 amide bonds. The minimum atomic E-state index is -0.208. The smallest absolute Gasteiger partial charge is 0.264 e. The topological polar surface area (TPSA) is 51.2 Å². The second-order valence-electron chi connectivity index (χ2n) is 5.53. The van der Waals surface area contributed by atoms with Crippen LogP contribution in [0, 0.1) is 20.8 Å². The van der Waals surface area contributed by atoms with Gasteiger partial charge in [0.15, 0.2) is 11.7 Å². The van der Waals surface area contributed by atoms with Gasteiger partial charge < -0.3 is 4.74 Å². The summed E-state index contributed by atoms with van der Waals surface area (Å²) in [4.78, 5) is 16.5. The summed E-state index contributed by atoms with van der Waals surface area (Å²) in [7, 11) is 0. The largest absolute Gasteiger partial charge is 0.483 e. The Morgan fingerprint density at radius 1 is 1.13 bits per heavy atom. The zero-order valence-electron chi connectivity index (χ0n) is 13.3. The van der Waals surface area contributed by atoms with E-state index >= 15 is 0 Å². The molecule has 0 atom stereocenters. The lowest BCUT2D eigenvalue weighted by molar-refractivity contribution is -0.118. The first-order valence-electron chi connectivity index (χ1n) is 7.39. The summed E-state index contributed by atoms with van der Waals surface area (Å²) in [6.07, 6.45) is 0. The number of nitrogens with one attached hydrogen (secondary N) is 1. The molecular weight excluding hydrogens is 308 g/mol. The molecule has 0 aliphatic rings. The summed E-state index contributed by atoms with van der Waals surface area (Å²) in [6, 6.07) is 11.8. The van der Waals surface area contributed by atoms with Crippen molar-refractivity contribution in [2.24, 2.45) is 0 Å². The standard InChI is InChI=1S/C18H18N2O2S/c1-11-6-4-5-7-15(11)22-10-17(21)20-18-19-14-8-12(2)13(3)9-16(14)23-18/h4-9H,10H2,1-3H3,(H,19,20,21). The molecule has 0 saturated heterocycles. The van der Waals surface area contributed by atoms with Gasteiger partial charge in [-0.2, -0.15) is 0 Å². The second kappa shape index (κ2) is 6.38. The van der Waals surface area contributed by atoms with Crippen molar-refractivity contribution in [3.8, 4) is 5.75 Å². The molecule has 3 aromatic rings. The lowest BCUT2D eigenvalue weighted by atomic mass is 10.1. The number of benzene rings is 2. The molecule has 4 nitrogen and oxygen atoms in total. The van der Waals surface area contributed by atoms with Gasteiger partial charge in [-0.25, -0.2) is 4.98 Å². The van der Waals surface area contributed by atoms with Crippen LogP contribution in [0.15, 0.2) is 36.4 Å². The van der Waals surface area contributed by atoms with Crippen molar-refractivity contribution in [2.45, 2.75) is 20.8 Å². The molecule has 0 radical (unpaired) electrons. The number of aromatic nitrogens is 1. The normalized spacial score (nSPS) is 10.7.